The zero-order chi connectivity index (χ0) is 14.9. The lowest BCUT2D eigenvalue weighted by atomic mass is 10.1. The van der Waals surface area contributed by atoms with E-state index < -0.39 is 17.5 Å². The van der Waals surface area contributed by atoms with Crippen molar-refractivity contribution in [3.05, 3.63) is 57.5 Å². The van der Waals surface area contributed by atoms with E-state index in [1.165, 1.54) is 12.1 Å². The molecule has 1 aromatic heterocycles. The number of rotatable bonds is 3. The van der Waals surface area contributed by atoms with Crippen molar-refractivity contribution in [1.82, 2.24) is 0 Å². The van der Waals surface area contributed by atoms with Crippen LogP contribution in [-0.4, -0.2) is 5.78 Å². The largest absolute Gasteiger partial charge is 0.458 e. The highest BCUT2D eigenvalue weighted by molar-refractivity contribution is 9.10. The van der Waals surface area contributed by atoms with Gasteiger partial charge in [-0.3, -0.25) is 4.79 Å². The molecule has 1 aromatic carbocycles. The van der Waals surface area contributed by atoms with Crippen molar-refractivity contribution >= 4 is 21.7 Å². The first kappa shape index (κ1) is 14.8. The van der Waals surface area contributed by atoms with Crippen LogP contribution in [0.5, 0.6) is 0 Å². The fourth-order valence-corrected chi connectivity index (χ4v) is 2.12. The Labute approximate surface area is 121 Å². The van der Waals surface area contributed by atoms with Gasteiger partial charge in [0.1, 0.15) is 5.76 Å². The second-order valence-electron chi connectivity index (χ2n) is 4.14. The molecule has 0 aliphatic carbocycles. The third-order valence-electron chi connectivity index (χ3n) is 2.77. The summed E-state index contributed by atoms with van der Waals surface area (Å²) in [6.07, 6.45) is -3.88. The topological polar surface area (TPSA) is 30.2 Å². The molecule has 2 rings (SSSR count). The first-order valence-corrected chi connectivity index (χ1v) is 6.62. The van der Waals surface area contributed by atoms with Gasteiger partial charge in [0, 0.05) is 16.5 Å². The minimum Gasteiger partial charge on any atom is -0.458 e. The summed E-state index contributed by atoms with van der Waals surface area (Å²) in [6.45, 7) is 1.85. The van der Waals surface area contributed by atoms with E-state index in [-0.39, 0.29) is 11.3 Å². The number of hydrogen-bond acceptors (Lipinski definition) is 2. The molecule has 0 unspecified atom stereocenters. The van der Waals surface area contributed by atoms with Crippen LogP contribution in [0, 0.1) is 0 Å². The molecule has 0 radical (unpaired) electrons. The fourth-order valence-electron chi connectivity index (χ4n) is 1.70. The quantitative estimate of drug-likeness (QED) is 0.743. The van der Waals surface area contributed by atoms with Gasteiger partial charge in [-0.15, -0.1) is 0 Å². The second-order valence-corrected chi connectivity index (χ2v) is 5.00. The van der Waals surface area contributed by atoms with Gasteiger partial charge in [0.05, 0.1) is 5.56 Å². The monoisotopic (exact) mass is 346 g/mol. The van der Waals surface area contributed by atoms with E-state index >= 15 is 0 Å². The smallest absolute Gasteiger partial charge is 0.416 e. The lowest BCUT2D eigenvalue weighted by Gasteiger charge is -2.09. The summed E-state index contributed by atoms with van der Waals surface area (Å²) < 4.78 is 43.6. The van der Waals surface area contributed by atoms with Crippen LogP contribution in [0.1, 0.15) is 34.4 Å². The van der Waals surface area contributed by atoms with Crippen LogP contribution in [-0.2, 0) is 12.6 Å². The van der Waals surface area contributed by atoms with Crippen molar-refractivity contribution in [2.24, 2.45) is 0 Å². The van der Waals surface area contributed by atoms with E-state index in [1.807, 2.05) is 6.92 Å². The molecule has 1 heterocycles. The molecule has 20 heavy (non-hydrogen) atoms. The number of carbonyl (C=O) groups is 1. The predicted molar refractivity (Wildman–Crippen MR) is 70.7 cm³/mol. The normalized spacial score (nSPS) is 11.7. The van der Waals surface area contributed by atoms with Crippen molar-refractivity contribution in [1.29, 1.82) is 0 Å². The highest BCUT2D eigenvalue weighted by Crippen LogP contribution is 2.32. The Morgan fingerprint density at radius 3 is 2.50 bits per heavy atom. The van der Waals surface area contributed by atoms with Crippen LogP contribution in [0.3, 0.4) is 0 Å². The predicted octanol–water partition coefficient (Wildman–Crippen LogP) is 4.85. The lowest BCUT2D eigenvalue weighted by Crippen LogP contribution is -2.08. The van der Waals surface area contributed by atoms with Gasteiger partial charge in [0.15, 0.2) is 5.76 Å². The van der Waals surface area contributed by atoms with Gasteiger partial charge in [-0.05, 0) is 30.3 Å². The Bertz CT molecular complexity index is 644. The van der Waals surface area contributed by atoms with E-state index in [0.29, 0.717) is 16.7 Å². The lowest BCUT2D eigenvalue weighted by molar-refractivity contribution is -0.137. The third kappa shape index (κ3) is 2.95. The number of hydrogen-bond donors (Lipinski definition) is 0. The summed E-state index contributed by atoms with van der Waals surface area (Å²) in [7, 11) is 0. The summed E-state index contributed by atoms with van der Waals surface area (Å²) in [4.78, 5) is 12.2. The number of aryl methyl sites for hydroxylation is 1. The standard InChI is InChI=1S/C14H10BrF3O2/c1-2-9-4-6-12(20-9)13(19)10-7-8(14(16,17)18)3-5-11(10)15/h3-7H,2H2,1H3. The first-order valence-electron chi connectivity index (χ1n) is 5.83. The molecule has 106 valence electrons. The van der Waals surface area contributed by atoms with Crippen molar-refractivity contribution in [2.45, 2.75) is 19.5 Å². The Hall–Kier alpha value is -1.56. The fraction of sp³-hybridized carbons (Fsp3) is 0.214. The maximum Gasteiger partial charge on any atom is 0.416 e. The molecule has 0 amide bonds. The molecule has 0 spiro atoms. The van der Waals surface area contributed by atoms with Crippen molar-refractivity contribution in [3.63, 3.8) is 0 Å². The highest BCUT2D eigenvalue weighted by Gasteiger charge is 2.32. The van der Waals surface area contributed by atoms with E-state index in [9.17, 15) is 18.0 Å². The van der Waals surface area contributed by atoms with Gasteiger partial charge in [-0.2, -0.15) is 13.2 Å². The van der Waals surface area contributed by atoms with Gasteiger partial charge >= 0.3 is 6.18 Å². The number of alkyl halides is 3. The van der Waals surface area contributed by atoms with Crippen LogP contribution in [0.15, 0.2) is 39.2 Å². The Balaban J connectivity index is 2.43. The van der Waals surface area contributed by atoms with Crippen LogP contribution in [0.2, 0.25) is 0 Å². The molecule has 0 bridgehead atoms. The number of ketones is 1. The number of carbonyl (C=O) groups excluding carboxylic acids is 1. The molecule has 0 saturated carbocycles. The SMILES string of the molecule is CCc1ccc(C(=O)c2cc(C(F)(F)F)ccc2Br)o1. The van der Waals surface area contributed by atoms with E-state index in [4.69, 9.17) is 4.42 Å². The molecule has 2 aromatic rings. The minimum atomic E-state index is -4.49. The number of furan rings is 1. The molecule has 0 saturated heterocycles. The Kier molecular flexibility index (Phi) is 4.04. The summed E-state index contributed by atoms with van der Waals surface area (Å²) in [6, 6.07) is 6.05. The number of halogens is 4. The van der Waals surface area contributed by atoms with Crippen LogP contribution >= 0.6 is 15.9 Å². The summed E-state index contributed by atoms with van der Waals surface area (Å²) in [5.74, 6) is 0.0565. The maximum absolute atomic E-state index is 12.7. The molecule has 0 fully saturated rings. The van der Waals surface area contributed by atoms with Crippen LogP contribution < -0.4 is 0 Å². The van der Waals surface area contributed by atoms with Crippen molar-refractivity contribution < 1.29 is 22.4 Å². The molecule has 0 aliphatic rings. The highest BCUT2D eigenvalue weighted by atomic mass is 79.9. The molecule has 0 aliphatic heterocycles. The Morgan fingerprint density at radius 1 is 1.25 bits per heavy atom. The van der Waals surface area contributed by atoms with E-state index in [1.54, 1.807) is 6.07 Å². The van der Waals surface area contributed by atoms with E-state index in [0.717, 1.165) is 12.1 Å². The van der Waals surface area contributed by atoms with Crippen molar-refractivity contribution in [3.8, 4) is 0 Å². The average molecular weight is 347 g/mol. The van der Waals surface area contributed by atoms with Gasteiger partial charge in [0.25, 0.3) is 0 Å². The minimum absolute atomic E-state index is 0.0295. The molecule has 6 heteroatoms. The van der Waals surface area contributed by atoms with Gasteiger partial charge < -0.3 is 4.42 Å². The summed E-state index contributed by atoms with van der Waals surface area (Å²) in [5, 5.41) is 0. The summed E-state index contributed by atoms with van der Waals surface area (Å²) >= 11 is 3.09. The molecule has 2 nitrogen and oxygen atoms in total. The van der Waals surface area contributed by atoms with Gasteiger partial charge in [-0.1, -0.05) is 22.9 Å². The molecule has 0 atom stereocenters. The van der Waals surface area contributed by atoms with Gasteiger partial charge in [-0.25, -0.2) is 0 Å². The average Bonchev–Trinajstić information content (AvgIpc) is 2.86. The third-order valence-corrected chi connectivity index (χ3v) is 3.46. The second kappa shape index (κ2) is 5.44. The maximum atomic E-state index is 12.7. The number of benzene rings is 1. The zero-order valence-electron chi connectivity index (χ0n) is 10.4. The molecular formula is C14H10BrF3O2. The van der Waals surface area contributed by atoms with E-state index in [2.05, 4.69) is 15.9 Å². The van der Waals surface area contributed by atoms with Gasteiger partial charge in [0.2, 0.25) is 5.78 Å². The van der Waals surface area contributed by atoms with Crippen LogP contribution in [0.4, 0.5) is 13.2 Å². The summed E-state index contributed by atoms with van der Waals surface area (Å²) in [5.41, 5.74) is -0.942. The first-order chi connectivity index (χ1) is 9.32. The zero-order valence-corrected chi connectivity index (χ0v) is 12.0. The molecule has 0 N–H and O–H groups in total. The van der Waals surface area contributed by atoms with Crippen molar-refractivity contribution in [2.75, 3.05) is 0 Å². The Morgan fingerprint density at radius 2 is 1.95 bits per heavy atom. The molecular weight excluding hydrogens is 337 g/mol. The van der Waals surface area contributed by atoms with Crippen LogP contribution in [0.25, 0.3) is 0 Å².